The van der Waals surface area contributed by atoms with Gasteiger partial charge in [0.05, 0.1) is 0 Å². The molecule has 0 fully saturated rings. The standard InChI is InChI=1S/C36H23N3S/c1-3-10-25(11-4-1)35-37-38-36(39(35)29-12-5-2-6-13-29)27-21-19-24-18-20-26(22-28(24)23-27)30-15-9-16-32-31-14-7-8-17-33(31)40-34(30)32/h1-23H. The number of hydrogen-bond acceptors (Lipinski definition) is 3. The predicted molar refractivity (Wildman–Crippen MR) is 168 cm³/mol. The van der Waals surface area contributed by atoms with Crippen molar-refractivity contribution in [3.05, 3.63) is 140 Å². The molecule has 0 spiro atoms. The molecule has 0 aliphatic carbocycles. The van der Waals surface area contributed by atoms with E-state index in [1.165, 1.54) is 42.1 Å². The third-order valence-electron chi connectivity index (χ3n) is 7.52. The van der Waals surface area contributed by atoms with Crippen molar-refractivity contribution in [1.82, 2.24) is 14.8 Å². The number of aromatic nitrogens is 3. The topological polar surface area (TPSA) is 30.7 Å². The van der Waals surface area contributed by atoms with Crippen molar-refractivity contribution in [2.24, 2.45) is 0 Å². The Bertz CT molecular complexity index is 2160. The maximum Gasteiger partial charge on any atom is 0.168 e. The molecule has 0 unspecified atom stereocenters. The van der Waals surface area contributed by atoms with E-state index in [9.17, 15) is 0 Å². The van der Waals surface area contributed by atoms with Gasteiger partial charge >= 0.3 is 0 Å². The van der Waals surface area contributed by atoms with Gasteiger partial charge in [0.15, 0.2) is 11.6 Å². The second-order valence-corrected chi connectivity index (χ2v) is 11.0. The SMILES string of the molecule is c1ccc(-c2nnc(-c3ccc4ccc(-c5cccc6c5sc5ccccc56)cc4c3)n2-c2ccccc2)cc1. The van der Waals surface area contributed by atoms with Crippen LogP contribution in [0.1, 0.15) is 0 Å². The van der Waals surface area contributed by atoms with E-state index in [0.29, 0.717) is 0 Å². The molecule has 40 heavy (non-hydrogen) atoms. The largest absolute Gasteiger partial charge is 0.275 e. The fraction of sp³-hybridized carbons (Fsp3) is 0. The van der Waals surface area contributed by atoms with Gasteiger partial charge in [-0.1, -0.05) is 109 Å². The Morgan fingerprint density at radius 3 is 1.95 bits per heavy atom. The van der Waals surface area contributed by atoms with E-state index in [1.54, 1.807) is 0 Å². The van der Waals surface area contributed by atoms with E-state index in [2.05, 4.69) is 125 Å². The maximum absolute atomic E-state index is 4.71. The molecular formula is C36H23N3S. The van der Waals surface area contributed by atoms with Gasteiger partial charge in [-0.25, -0.2) is 0 Å². The Balaban J connectivity index is 1.30. The van der Waals surface area contributed by atoms with E-state index >= 15 is 0 Å². The van der Waals surface area contributed by atoms with Crippen molar-refractivity contribution in [3.8, 4) is 39.6 Å². The number of hydrogen-bond donors (Lipinski definition) is 0. The zero-order valence-corrected chi connectivity index (χ0v) is 22.3. The molecular weight excluding hydrogens is 506 g/mol. The summed E-state index contributed by atoms with van der Waals surface area (Å²) in [7, 11) is 0. The second-order valence-electron chi connectivity index (χ2n) is 9.94. The summed E-state index contributed by atoms with van der Waals surface area (Å²) in [6, 6.07) is 49.2. The summed E-state index contributed by atoms with van der Waals surface area (Å²) in [4.78, 5) is 0. The normalized spacial score (nSPS) is 11.5. The van der Waals surface area contributed by atoms with E-state index in [0.717, 1.165) is 28.5 Å². The van der Waals surface area contributed by atoms with Gasteiger partial charge in [0, 0.05) is 37.0 Å². The van der Waals surface area contributed by atoms with Crippen LogP contribution in [0.5, 0.6) is 0 Å². The Labute approximate surface area is 235 Å². The van der Waals surface area contributed by atoms with Crippen LogP contribution in [0.2, 0.25) is 0 Å². The van der Waals surface area contributed by atoms with Crippen LogP contribution in [0.3, 0.4) is 0 Å². The molecule has 8 rings (SSSR count). The van der Waals surface area contributed by atoms with Crippen LogP contribution in [-0.4, -0.2) is 14.8 Å². The highest BCUT2D eigenvalue weighted by Gasteiger charge is 2.18. The lowest BCUT2D eigenvalue weighted by molar-refractivity contribution is 1.07. The van der Waals surface area contributed by atoms with Gasteiger partial charge in [0.2, 0.25) is 0 Å². The average Bonchev–Trinajstić information content (AvgIpc) is 3.64. The lowest BCUT2D eigenvalue weighted by Gasteiger charge is -2.12. The zero-order valence-electron chi connectivity index (χ0n) is 21.5. The molecule has 6 aromatic carbocycles. The van der Waals surface area contributed by atoms with Crippen molar-refractivity contribution in [2.45, 2.75) is 0 Å². The van der Waals surface area contributed by atoms with Crippen LogP contribution in [0.25, 0.3) is 70.5 Å². The molecule has 0 amide bonds. The third kappa shape index (κ3) is 3.73. The number of rotatable bonds is 4. The second kappa shape index (κ2) is 9.30. The molecule has 188 valence electrons. The number of benzene rings is 6. The van der Waals surface area contributed by atoms with Gasteiger partial charge in [-0.15, -0.1) is 21.5 Å². The van der Waals surface area contributed by atoms with Gasteiger partial charge in [0.1, 0.15) is 0 Å². The van der Waals surface area contributed by atoms with Gasteiger partial charge in [-0.05, 0) is 52.2 Å². The van der Waals surface area contributed by atoms with Crippen LogP contribution in [0.4, 0.5) is 0 Å². The van der Waals surface area contributed by atoms with Crippen LogP contribution >= 0.6 is 11.3 Å². The van der Waals surface area contributed by atoms with Crippen molar-refractivity contribution >= 4 is 42.3 Å². The summed E-state index contributed by atoms with van der Waals surface area (Å²) in [5, 5.41) is 14.4. The van der Waals surface area contributed by atoms with Crippen molar-refractivity contribution in [2.75, 3.05) is 0 Å². The minimum Gasteiger partial charge on any atom is -0.275 e. The molecule has 8 aromatic rings. The molecule has 0 N–H and O–H groups in total. The molecule has 0 bridgehead atoms. The first kappa shape index (κ1) is 22.9. The van der Waals surface area contributed by atoms with Gasteiger partial charge in [0.25, 0.3) is 0 Å². The molecule has 0 saturated carbocycles. The van der Waals surface area contributed by atoms with Crippen LogP contribution in [0, 0.1) is 0 Å². The first-order valence-electron chi connectivity index (χ1n) is 13.3. The number of nitrogens with zero attached hydrogens (tertiary/aromatic N) is 3. The van der Waals surface area contributed by atoms with E-state index < -0.39 is 0 Å². The summed E-state index contributed by atoms with van der Waals surface area (Å²) in [6.45, 7) is 0. The highest BCUT2D eigenvalue weighted by molar-refractivity contribution is 7.26. The molecule has 0 atom stereocenters. The molecule has 0 saturated heterocycles. The highest BCUT2D eigenvalue weighted by Crippen LogP contribution is 2.40. The van der Waals surface area contributed by atoms with Crippen molar-refractivity contribution in [3.63, 3.8) is 0 Å². The summed E-state index contributed by atoms with van der Waals surface area (Å²) in [5.41, 5.74) is 5.58. The first-order chi connectivity index (χ1) is 19.8. The smallest absolute Gasteiger partial charge is 0.168 e. The number of thiophene rings is 1. The minimum atomic E-state index is 0.823. The van der Waals surface area contributed by atoms with Gasteiger partial charge in [-0.3, -0.25) is 4.57 Å². The quantitative estimate of drug-likeness (QED) is 0.227. The van der Waals surface area contributed by atoms with Crippen molar-refractivity contribution in [1.29, 1.82) is 0 Å². The lowest BCUT2D eigenvalue weighted by Crippen LogP contribution is -2.00. The molecule has 2 aromatic heterocycles. The van der Waals surface area contributed by atoms with Gasteiger partial charge < -0.3 is 0 Å². The first-order valence-corrected chi connectivity index (χ1v) is 14.2. The molecule has 0 aliphatic rings. The van der Waals surface area contributed by atoms with Crippen molar-refractivity contribution < 1.29 is 0 Å². The molecule has 2 heterocycles. The number of fused-ring (bicyclic) bond motifs is 4. The summed E-state index contributed by atoms with van der Waals surface area (Å²) in [5.74, 6) is 1.65. The Morgan fingerprint density at radius 1 is 0.475 bits per heavy atom. The van der Waals surface area contributed by atoms with E-state index in [1.807, 2.05) is 35.6 Å². The van der Waals surface area contributed by atoms with Crippen LogP contribution in [-0.2, 0) is 0 Å². The van der Waals surface area contributed by atoms with E-state index in [-0.39, 0.29) is 0 Å². The predicted octanol–water partition coefficient (Wildman–Crippen LogP) is 9.79. The van der Waals surface area contributed by atoms with Crippen LogP contribution < -0.4 is 0 Å². The maximum atomic E-state index is 4.71. The lowest BCUT2D eigenvalue weighted by atomic mass is 9.98. The monoisotopic (exact) mass is 529 g/mol. The van der Waals surface area contributed by atoms with E-state index in [4.69, 9.17) is 5.10 Å². The fourth-order valence-electron chi connectivity index (χ4n) is 5.59. The molecule has 3 nitrogen and oxygen atoms in total. The van der Waals surface area contributed by atoms with Gasteiger partial charge in [-0.2, -0.15) is 0 Å². The summed E-state index contributed by atoms with van der Waals surface area (Å²) < 4.78 is 4.80. The molecule has 0 radical (unpaired) electrons. The molecule has 0 aliphatic heterocycles. The Hall–Kier alpha value is -5.06. The molecule has 4 heteroatoms. The summed E-state index contributed by atoms with van der Waals surface area (Å²) in [6.07, 6.45) is 0. The van der Waals surface area contributed by atoms with Crippen LogP contribution in [0.15, 0.2) is 140 Å². The number of para-hydroxylation sites is 1. The fourth-order valence-corrected chi connectivity index (χ4v) is 6.83. The third-order valence-corrected chi connectivity index (χ3v) is 8.74. The average molecular weight is 530 g/mol. The Kier molecular flexibility index (Phi) is 5.32. The Morgan fingerprint density at radius 2 is 1.12 bits per heavy atom. The minimum absolute atomic E-state index is 0.823. The summed E-state index contributed by atoms with van der Waals surface area (Å²) >= 11 is 1.87. The zero-order chi connectivity index (χ0) is 26.5. The highest BCUT2D eigenvalue weighted by atomic mass is 32.1.